The lowest BCUT2D eigenvalue weighted by atomic mass is 10.0. The van der Waals surface area contributed by atoms with E-state index in [-0.39, 0.29) is 29.4 Å². The molecule has 0 aliphatic carbocycles. The molecule has 4 rings (SSSR count). The highest BCUT2D eigenvalue weighted by Gasteiger charge is 2.22. The molecule has 1 aliphatic rings. The Morgan fingerprint density at radius 2 is 1.66 bits per heavy atom. The second-order valence-electron chi connectivity index (χ2n) is 8.19. The Hall–Kier alpha value is -4.24. The van der Waals surface area contributed by atoms with Crippen molar-refractivity contribution in [3.8, 4) is 5.75 Å². The van der Waals surface area contributed by atoms with Gasteiger partial charge in [-0.1, -0.05) is 30.3 Å². The minimum atomic E-state index is -0.560. The molecular formula is C26H26N4O5. The molecule has 1 N–H and O–H groups in total. The van der Waals surface area contributed by atoms with Gasteiger partial charge >= 0.3 is 0 Å². The summed E-state index contributed by atoms with van der Waals surface area (Å²) in [6, 6.07) is 20.3. The first-order valence-electron chi connectivity index (χ1n) is 11.2. The van der Waals surface area contributed by atoms with E-state index < -0.39 is 10.7 Å². The predicted octanol–water partition coefficient (Wildman–Crippen LogP) is 3.60. The minimum absolute atomic E-state index is 0.0862. The maximum atomic E-state index is 13.0. The van der Waals surface area contributed by atoms with E-state index in [1.807, 2.05) is 29.2 Å². The lowest BCUT2D eigenvalue weighted by Gasteiger charge is -2.35. The third-order valence-corrected chi connectivity index (χ3v) is 5.95. The number of benzene rings is 3. The van der Waals surface area contributed by atoms with E-state index in [4.69, 9.17) is 4.74 Å². The predicted molar refractivity (Wildman–Crippen MR) is 133 cm³/mol. The lowest BCUT2D eigenvalue weighted by Crippen LogP contribution is -2.48. The van der Waals surface area contributed by atoms with Gasteiger partial charge in [-0.25, -0.2) is 0 Å². The number of nitro groups is 1. The van der Waals surface area contributed by atoms with Gasteiger partial charge in [0.2, 0.25) is 5.91 Å². The largest absolute Gasteiger partial charge is 0.497 e. The van der Waals surface area contributed by atoms with E-state index in [2.05, 4.69) is 10.2 Å². The highest BCUT2D eigenvalue weighted by molar-refractivity contribution is 6.14. The van der Waals surface area contributed by atoms with Gasteiger partial charge in [-0.15, -0.1) is 0 Å². The van der Waals surface area contributed by atoms with Crippen LogP contribution in [-0.4, -0.2) is 61.3 Å². The number of non-ortho nitro benzene ring substituents is 1. The molecule has 0 saturated carbocycles. The summed E-state index contributed by atoms with van der Waals surface area (Å²) in [5, 5.41) is 14.0. The normalized spacial score (nSPS) is 13.8. The van der Waals surface area contributed by atoms with Gasteiger partial charge in [-0.05, 0) is 30.3 Å². The smallest absolute Gasteiger partial charge is 0.270 e. The Labute approximate surface area is 203 Å². The van der Waals surface area contributed by atoms with Gasteiger partial charge in [0.1, 0.15) is 5.75 Å². The number of piperazine rings is 1. The van der Waals surface area contributed by atoms with Gasteiger partial charge in [-0.3, -0.25) is 24.6 Å². The Morgan fingerprint density at radius 3 is 2.29 bits per heavy atom. The van der Waals surface area contributed by atoms with Crippen LogP contribution in [0.1, 0.15) is 15.9 Å². The van der Waals surface area contributed by atoms with Gasteiger partial charge in [0.05, 0.1) is 29.8 Å². The summed E-state index contributed by atoms with van der Waals surface area (Å²) in [5.74, 6) is 0.136. The monoisotopic (exact) mass is 474 g/mol. The molecule has 1 heterocycles. The third kappa shape index (κ3) is 5.82. The second-order valence-corrected chi connectivity index (χ2v) is 8.19. The number of nitrogens with zero attached hydrogens (tertiary/aromatic N) is 3. The van der Waals surface area contributed by atoms with Crippen LogP contribution < -0.4 is 15.0 Å². The number of carbonyl (C=O) groups is 2. The van der Waals surface area contributed by atoms with Gasteiger partial charge in [0.25, 0.3) is 5.69 Å². The fraction of sp³-hybridized carbons (Fsp3) is 0.231. The number of hydrogen-bond donors (Lipinski definition) is 1. The average molecular weight is 475 g/mol. The van der Waals surface area contributed by atoms with Crippen LogP contribution in [0.4, 0.5) is 17.1 Å². The van der Waals surface area contributed by atoms with E-state index >= 15 is 0 Å². The number of nitrogens with one attached hydrogen (secondary N) is 1. The zero-order valence-corrected chi connectivity index (χ0v) is 19.3. The van der Waals surface area contributed by atoms with E-state index in [1.54, 1.807) is 37.4 Å². The van der Waals surface area contributed by atoms with Gasteiger partial charge < -0.3 is 15.0 Å². The number of rotatable bonds is 8. The quantitative estimate of drug-likeness (QED) is 0.302. The minimum Gasteiger partial charge on any atom is -0.497 e. The first-order valence-corrected chi connectivity index (χ1v) is 11.2. The lowest BCUT2D eigenvalue weighted by molar-refractivity contribution is -0.384. The molecule has 0 bridgehead atoms. The van der Waals surface area contributed by atoms with E-state index in [9.17, 15) is 19.7 Å². The van der Waals surface area contributed by atoms with E-state index in [0.717, 1.165) is 24.5 Å². The molecule has 9 heteroatoms. The summed E-state index contributed by atoms with van der Waals surface area (Å²) in [4.78, 5) is 40.8. The highest BCUT2D eigenvalue weighted by atomic mass is 16.6. The van der Waals surface area contributed by atoms with Crippen molar-refractivity contribution < 1.29 is 19.2 Å². The average Bonchev–Trinajstić information content (AvgIpc) is 2.89. The second kappa shape index (κ2) is 10.8. The molecule has 180 valence electrons. The van der Waals surface area contributed by atoms with Crippen LogP contribution in [0.25, 0.3) is 0 Å². The zero-order valence-electron chi connectivity index (χ0n) is 19.3. The number of anilines is 2. The summed E-state index contributed by atoms with van der Waals surface area (Å²) in [5.41, 5.74) is 1.62. The summed E-state index contributed by atoms with van der Waals surface area (Å²) >= 11 is 0. The molecule has 0 spiro atoms. The first kappa shape index (κ1) is 23.9. The Kier molecular flexibility index (Phi) is 7.37. The van der Waals surface area contributed by atoms with Crippen molar-refractivity contribution >= 4 is 28.8 Å². The Bertz CT molecular complexity index is 1210. The number of carbonyl (C=O) groups excluding carboxylic acids is 2. The molecule has 35 heavy (non-hydrogen) atoms. The van der Waals surface area contributed by atoms with Crippen molar-refractivity contribution in [3.63, 3.8) is 0 Å². The molecule has 3 aromatic rings. The van der Waals surface area contributed by atoms with E-state index in [1.165, 1.54) is 18.2 Å². The fourth-order valence-corrected chi connectivity index (χ4v) is 4.04. The number of ether oxygens (including phenoxy) is 1. The van der Waals surface area contributed by atoms with Crippen molar-refractivity contribution in [1.29, 1.82) is 0 Å². The summed E-state index contributed by atoms with van der Waals surface area (Å²) in [6.07, 6.45) is 0. The van der Waals surface area contributed by atoms with Crippen molar-refractivity contribution in [2.24, 2.45) is 0 Å². The summed E-state index contributed by atoms with van der Waals surface area (Å²) < 4.78 is 5.21. The number of methoxy groups -OCH3 is 1. The van der Waals surface area contributed by atoms with Crippen molar-refractivity contribution in [2.75, 3.05) is 50.1 Å². The van der Waals surface area contributed by atoms with Crippen molar-refractivity contribution in [1.82, 2.24) is 4.90 Å². The molecule has 1 aliphatic heterocycles. The molecule has 0 radical (unpaired) electrons. The van der Waals surface area contributed by atoms with Crippen LogP contribution in [0.15, 0.2) is 72.8 Å². The van der Waals surface area contributed by atoms with Crippen molar-refractivity contribution in [3.05, 3.63) is 94.0 Å². The number of amides is 1. The fourth-order valence-electron chi connectivity index (χ4n) is 4.04. The maximum Gasteiger partial charge on any atom is 0.270 e. The maximum absolute atomic E-state index is 13.0. The van der Waals surface area contributed by atoms with Crippen LogP contribution in [0.3, 0.4) is 0 Å². The molecule has 0 atom stereocenters. The third-order valence-electron chi connectivity index (χ3n) is 5.95. The van der Waals surface area contributed by atoms with Crippen LogP contribution >= 0.6 is 0 Å². The number of ketones is 1. The molecule has 0 unspecified atom stereocenters. The molecule has 0 aromatic heterocycles. The SMILES string of the molecule is COc1ccc(N2CCN(CC(=O)Nc3ccc([N+](=O)[O-])cc3C(=O)c3ccccc3)CC2)cc1. The zero-order chi connectivity index (χ0) is 24.8. The first-order chi connectivity index (χ1) is 16.9. The number of hydrogen-bond acceptors (Lipinski definition) is 7. The highest BCUT2D eigenvalue weighted by Crippen LogP contribution is 2.25. The Balaban J connectivity index is 1.40. The van der Waals surface area contributed by atoms with Crippen LogP contribution in [-0.2, 0) is 4.79 Å². The van der Waals surface area contributed by atoms with Gasteiger partial charge in [0.15, 0.2) is 5.78 Å². The number of nitro benzene ring substituents is 1. The Morgan fingerprint density at radius 1 is 0.971 bits per heavy atom. The van der Waals surface area contributed by atoms with Crippen molar-refractivity contribution in [2.45, 2.75) is 0 Å². The van der Waals surface area contributed by atoms with Gasteiger partial charge in [0, 0.05) is 49.6 Å². The molecule has 3 aromatic carbocycles. The standard InChI is InChI=1S/C26H26N4O5/c1-35-22-10-7-20(8-11-22)29-15-13-28(14-16-29)18-25(31)27-24-12-9-21(30(33)34)17-23(24)26(32)19-5-3-2-4-6-19/h2-12,17H,13-16,18H2,1H3,(H,27,31). The molecule has 1 amide bonds. The van der Waals surface area contributed by atoms with E-state index in [0.29, 0.717) is 18.7 Å². The van der Waals surface area contributed by atoms with Crippen LogP contribution in [0.2, 0.25) is 0 Å². The van der Waals surface area contributed by atoms with Crippen LogP contribution in [0, 0.1) is 10.1 Å². The summed E-state index contributed by atoms with van der Waals surface area (Å²) in [7, 11) is 1.63. The topological polar surface area (TPSA) is 105 Å². The summed E-state index contributed by atoms with van der Waals surface area (Å²) in [6.45, 7) is 3.11. The molecule has 9 nitrogen and oxygen atoms in total. The molecule has 1 fully saturated rings. The van der Waals surface area contributed by atoms with Crippen LogP contribution in [0.5, 0.6) is 5.75 Å². The molecule has 1 saturated heterocycles. The molecular weight excluding hydrogens is 448 g/mol. The van der Waals surface area contributed by atoms with Gasteiger partial charge in [-0.2, -0.15) is 0 Å².